The average Bonchev–Trinajstić information content (AvgIpc) is 2.58. The van der Waals surface area contributed by atoms with Gasteiger partial charge in [0.2, 0.25) is 0 Å². The monoisotopic (exact) mass is 208 g/mol. The van der Waals surface area contributed by atoms with Crippen molar-refractivity contribution in [3.05, 3.63) is 11.6 Å². The Morgan fingerprint density at radius 1 is 1.33 bits per heavy atom. The van der Waals surface area contributed by atoms with E-state index in [4.69, 9.17) is 4.74 Å². The van der Waals surface area contributed by atoms with Crippen molar-refractivity contribution in [1.29, 1.82) is 0 Å². The number of ether oxygens (including phenoxy) is 1. The molecule has 0 N–H and O–H groups in total. The van der Waals surface area contributed by atoms with Crippen LogP contribution in [0.1, 0.15) is 51.4 Å². The summed E-state index contributed by atoms with van der Waals surface area (Å²) in [5.41, 5.74) is 1.07. The van der Waals surface area contributed by atoms with Crippen LogP contribution in [0.4, 0.5) is 0 Å². The molecular formula is C13H20O2. The molecule has 84 valence electrons. The van der Waals surface area contributed by atoms with Crippen molar-refractivity contribution in [1.82, 2.24) is 0 Å². The zero-order chi connectivity index (χ0) is 10.5. The molecule has 0 aromatic carbocycles. The van der Waals surface area contributed by atoms with E-state index in [1.807, 2.05) is 0 Å². The van der Waals surface area contributed by atoms with E-state index < -0.39 is 0 Å². The van der Waals surface area contributed by atoms with Gasteiger partial charge >= 0.3 is 0 Å². The number of rotatable bonds is 3. The molecule has 0 aromatic heterocycles. The van der Waals surface area contributed by atoms with Crippen LogP contribution in [-0.2, 0) is 9.53 Å². The number of hydrogen-bond acceptors (Lipinski definition) is 2. The van der Waals surface area contributed by atoms with Crippen molar-refractivity contribution < 1.29 is 9.53 Å². The van der Waals surface area contributed by atoms with Crippen molar-refractivity contribution in [2.24, 2.45) is 0 Å². The van der Waals surface area contributed by atoms with E-state index in [2.05, 4.69) is 6.08 Å². The van der Waals surface area contributed by atoms with E-state index in [0.29, 0.717) is 12.2 Å². The number of allylic oxidation sites excluding steroid dienone is 2. The van der Waals surface area contributed by atoms with Gasteiger partial charge in [-0.25, -0.2) is 0 Å². The molecule has 0 bridgehead atoms. The Bertz CT molecular complexity index is 249. The fraction of sp³-hybridized carbons (Fsp3) is 0.769. The topological polar surface area (TPSA) is 26.3 Å². The summed E-state index contributed by atoms with van der Waals surface area (Å²) in [6, 6.07) is 0. The van der Waals surface area contributed by atoms with Crippen molar-refractivity contribution in [3.8, 4) is 0 Å². The van der Waals surface area contributed by atoms with Gasteiger partial charge in [0.25, 0.3) is 0 Å². The molecule has 2 nitrogen and oxygen atoms in total. The van der Waals surface area contributed by atoms with Crippen LogP contribution >= 0.6 is 0 Å². The lowest BCUT2D eigenvalue weighted by molar-refractivity contribution is -0.117. The highest BCUT2D eigenvalue weighted by Gasteiger charge is 2.21. The first-order valence-corrected chi connectivity index (χ1v) is 6.20. The van der Waals surface area contributed by atoms with Gasteiger partial charge in [-0.2, -0.15) is 0 Å². The maximum Gasteiger partial charge on any atom is 0.161 e. The lowest BCUT2D eigenvalue weighted by Gasteiger charge is -2.09. The quantitative estimate of drug-likeness (QED) is 0.712. The van der Waals surface area contributed by atoms with Gasteiger partial charge in [0.05, 0.1) is 6.10 Å². The predicted octanol–water partition coefficient (Wildman–Crippen LogP) is 3.02. The van der Waals surface area contributed by atoms with Crippen LogP contribution in [0.25, 0.3) is 0 Å². The van der Waals surface area contributed by atoms with Gasteiger partial charge < -0.3 is 4.74 Å². The number of carbonyl (C=O) groups excluding carboxylic acids is 1. The first-order valence-electron chi connectivity index (χ1n) is 6.20. The van der Waals surface area contributed by atoms with Crippen molar-refractivity contribution in [2.75, 3.05) is 6.61 Å². The summed E-state index contributed by atoms with van der Waals surface area (Å²) in [7, 11) is 0. The summed E-state index contributed by atoms with van der Waals surface area (Å²) < 4.78 is 5.50. The zero-order valence-electron chi connectivity index (χ0n) is 9.34. The Kier molecular flexibility index (Phi) is 3.95. The second-order valence-electron chi connectivity index (χ2n) is 4.59. The highest BCUT2D eigenvalue weighted by Crippen LogP contribution is 2.22. The molecule has 1 aliphatic heterocycles. The maximum absolute atomic E-state index is 12.0. The van der Waals surface area contributed by atoms with Crippen molar-refractivity contribution in [3.63, 3.8) is 0 Å². The third kappa shape index (κ3) is 3.16. The highest BCUT2D eigenvalue weighted by atomic mass is 16.5. The van der Waals surface area contributed by atoms with E-state index in [-0.39, 0.29) is 6.10 Å². The Balaban J connectivity index is 1.85. The SMILES string of the molecule is O=C(CC1CCCO1)C1=CCCCCC1. The predicted molar refractivity (Wildman–Crippen MR) is 59.8 cm³/mol. The second kappa shape index (κ2) is 5.45. The van der Waals surface area contributed by atoms with Crippen LogP contribution < -0.4 is 0 Å². The molecule has 1 heterocycles. The zero-order valence-corrected chi connectivity index (χ0v) is 9.34. The molecule has 2 aliphatic rings. The van der Waals surface area contributed by atoms with E-state index >= 15 is 0 Å². The fourth-order valence-electron chi connectivity index (χ4n) is 2.41. The number of carbonyl (C=O) groups is 1. The molecule has 0 aromatic rings. The van der Waals surface area contributed by atoms with Gasteiger partial charge in [0.15, 0.2) is 5.78 Å². The second-order valence-corrected chi connectivity index (χ2v) is 4.59. The molecule has 1 aliphatic carbocycles. The van der Waals surface area contributed by atoms with Crippen molar-refractivity contribution in [2.45, 2.75) is 57.5 Å². The van der Waals surface area contributed by atoms with Gasteiger partial charge in [0.1, 0.15) is 0 Å². The van der Waals surface area contributed by atoms with E-state index in [1.54, 1.807) is 0 Å². The van der Waals surface area contributed by atoms with E-state index in [9.17, 15) is 4.79 Å². The molecule has 2 rings (SSSR count). The van der Waals surface area contributed by atoms with Gasteiger partial charge in [-0.1, -0.05) is 12.5 Å². The Morgan fingerprint density at radius 3 is 3.07 bits per heavy atom. The summed E-state index contributed by atoms with van der Waals surface area (Å²) in [5.74, 6) is 0.337. The minimum Gasteiger partial charge on any atom is -0.378 e. The summed E-state index contributed by atoms with van der Waals surface area (Å²) in [6.45, 7) is 0.844. The Hall–Kier alpha value is -0.630. The van der Waals surface area contributed by atoms with Crippen LogP contribution in [0.3, 0.4) is 0 Å². The van der Waals surface area contributed by atoms with Crippen LogP contribution in [0.2, 0.25) is 0 Å². The minimum atomic E-state index is 0.210. The molecular weight excluding hydrogens is 188 g/mol. The standard InChI is InChI=1S/C13H20O2/c14-13(10-12-8-5-9-15-12)11-6-3-1-2-4-7-11/h6,12H,1-5,7-10H2. The average molecular weight is 208 g/mol. The summed E-state index contributed by atoms with van der Waals surface area (Å²) in [6.07, 6.45) is 11.0. The van der Waals surface area contributed by atoms with Crippen molar-refractivity contribution >= 4 is 5.78 Å². The summed E-state index contributed by atoms with van der Waals surface area (Å²) in [5, 5.41) is 0. The molecule has 0 spiro atoms. The molecule has 1 atom stereocenters. The minimum absolute atomic E-state index is 0.210. The van der Waals surface area contributed by atoms with Crippen LogP contribution in [0, 0.1) is 0 Å². The molecule has 0 radical (unpaired) electrons. The van der Waals surface area contributed by atoms with E-state index in [0.717, 1.165) is 37.9 Å². The smallest absolute Gasteiger partial charge is 0.161 e. The van der Waals surface area contributed by atoms with Crippen LogP contribution in [0.15, 0.2) is 11.6 Å². The van der Waals surface area contributed by atoms with Gasteiger partial charge in [-0.15, -0.1) is 0 Å². The number of hydrogen-bond donors (Lipinski definition) is 0. The molecule has 15 heavy (non-hydrogen) atoms. The van der Waals surface area contributed by atoms with Gasteiger partial charge in [-0.05, 0) is 44.1 Å². The summed E-state index contributed by atoms with van der Waals surface area (Å²) >= 11 is 0. The van der Waals surface area contributed by atoms with Crippen LogP contribution in [-0.4, -0.2) is 18.5 Å². The lowest BCUT2D eigenvalue weighted by atomic mass is 10.00. The molecule has 1 fully saturated rings. The molecule has 1 unspecified atom stereocenters. The molecule has 2 heteroatoms. The number of Topliss-reactive ketones (excluding diaryl/α,β-unsaturated/α-hetero) is 1. The first-order chi connectivity index (χ1) is 7.36. The van der Waals surface area contributed by atoms with Gasteiger partial charge in [0, 0.05) is 13.0 Å². The maximum atomic E-state index is 12.0. The fourth-order valence-corrected chi connectivity index (χ4v) is 2.41. The first kappa shape index (κ1) is 10.9. The Labute approximate surface area is 91.7 Å². The summed E-state index contributed by atoms with van der Waals surface area (Å²) in [4.78, 5) is 12.0. The normalized spacial score (nSPS) is 27.2. The number of ketones is 1. The third-order valence-corrected chi connectivity index (χ3v) is 3.34. The van der Waals surface area contributed by atoms with E-state index in [1.165, 1.54) is 19.3 Å². The largest absolute Gasteiger partial charge is 0.378 e. The van der Waals surface area contributed by atoms with Crippen LogP contribution in [0.5, 0.6) is 0 Å². The third-order valence-electron chi connectivity index (χ3n) is 3.34. The lowest BCUT2D eigenvalue weighted by Crippen LogP contribution is -2.14. The molecule has 0 saturated carbocycles. The van der Waals surface area contributed by atoms with Gasteiger partial charge in [-0.3, -0.25) is 4.79 Å². The Morgan fingerprint density at radius 2 is 2.27 bits per heavy atom. The molecule has 1 saturated heterocycles. The molecule has 0 amide bonds. The highest BCUT2D eigenvalue weighted by molar-refractivity contribution is 5.95.